The molecule has 0 radical (unpaired) electrons. The number of para-hydroxylation sites is 3. The van der Waals surface area contributed by atoms with Crippen LogP contribution in [0.4, 0.5) is 0 Å². The fraction of sp³-hybridized carbons (Fsp3) is 0. The van der Waals surface area contributed by atoms with Crippen molar-refractivity contribution in [2.75, 3.05) is 0 Å². The van der Waals surface area contributed by atoms with Crippen molar-refractivity contribution in [1.82, 2.24) is 9.13 Å². The van der Waals surface area contributed by atoms with E-state index in [0.717, 1.165) is 5.69 Å². The van der Waals surface area contributed by atoms with Gasteiger partial charge in [0.25, 0.3) is 0 Å². The molecular weight excluding hydrogens is 705 g/mol. The van der Waals surface area contributed by atoms with Gasteiger partial charge in [-0.3, -0.25) is 0 Å². The van der Waals surface area contributed by atoms with Crippen LogP contribution in [0.5, 0.6) is 0 Å². The maximum Gasteiger partial charge on any atom is 0.180 e. The van der Waals surface area contributed by atoms with Crippen molar-refractivity contribution in [2.45, 2.75) is 0 Å². The van der Waals surface area contributed by atoms with Gasteiger partial charge in [-0.1, -0.05) is 188 Å². The lowest BCUT2D eigenvalue weighted by atomic mass is 10.1. The Morgan fingerprint density at radius 3 is 1.42 bits per heavy atom. The molecule has 0 unspecified atom stereocenters. The summed E-state index contributed by atoms with van der Waals surface area (Å²) in [4.78, 5) is 0. The van der Waals surface area contributed by atoms with Crippen LogP contribution >= 0.6 is 0 Å². The van der Waals surface area contributed by atoms with Crippen LogP contribution in [-0.4, -0.2) is 17.2 Å². The summed E-state index contributed by atoms with van der Waals surface area (Å²) in [6, 6.07) is 85.3. The molecule has 57 heavy (non-hydrogen) atoms. The molecule has 0 spiro atoms. The van der Waals surface area contributed by atoms with Gasteiger partial charge in [-0.2, -0.15) is 0 Å². The first kappa shape index (κ1) is 33.2. The predicted molar refractivity (Wildman–Crippen MR) is 244 cm³/mol. The minimum atomic E-state index is -2.99. The van der Waals surface area contributed by atoms with E-state index in [4.69, 9.17) is 0 Å². The van der Waals surface area contributed by atoms with Gasteiger partial charge in [0, 0.05) is 27.2 Å². The third-order valence-electron chi connectivity index (χ3n) is 11.8. The third-order valence-corrected chi connectivity index (χ3v) is 16.6. The van der Waals surface area contributed by atoms with Crippen LogP contribution < -0.4 is 20.7 Å². The van der Waals surface area contributed by atoms with Crippen LogP contribution in [0.15, 0.2) is 231 Å². The highest BCUT2D eigenvalue weighted by Gasteiger charge is 2.43. The Balaban J connectivity index is 1.28. The molecule has 2 nitrogen and oxygen atoms in total. The quantitative estimate of drug-likeness (QED) is 0.114. The lowest BCUT2D eigenvalue weighted by Crippen LogP contribution is -2.74. The topological polar surface area (TPSA) is 9.86 Å². The first-order chi connectivity index (χ1) is 28.3. The van der Waals surface area contributed by atoms with Crippen LogP contribution in [0, 0.1) is 0 Å². The Labute approximate surface area is 333 Å². The summed E-state index contributed by atoms with van der Waals surface area (Å²) in [6.45, 7) is 0. The average Bonchev–Trinajstić information content (AvgIpc) is 3.82. The first-order valence-electron chi connectivity index (χ1n) is 19.7. The van der Waals surface area contributed by atoms with Crippen LogP contribution in [-0.2, 0) is 0 Å². The fourth-order valence-electron chi connectivity index (χ4n) is 9.54. The summed E-state index contributed by atoms with van der Waals surface area (Å²) < 4.78 is 4.95. The molecule has 0 aliphatic carbocycles. The van der Waals surface area contributed by atoms with E-state index in [1.54, 1.807) is 0 Å². The van der Waals surface area contributed by atoms with E-state index in [1.807, 2.05) is 0 Å². The molecule has 0 saturated heterocycles. The molecule has 2 aromatic heterocycles. The second-order valence-electron chi connectivity index (χ2n) is 14.8. The molecule has 11 rings (SSSR count). The lowest BCUT2D eigenvalue weighted by molar-refractivity contribution is 1.17. The minimum Gasteiger partial charge on any atom is -0.309 e. The first-order valence-corrected chi connectivity index (χ1v) is 21.7. The maximum absolute atomic E-state index is 2.99. The fourth-order valence-corrected chi connectivity index (χ4v) is 14.6. The number of rotatable bonds is 7. The zero-order chi connectivity index (χ0) is 37.8. The van der Waals surface area contributed by atoms with E-state index in [-0.39, 0.29) is 0 Å². The molecule has 3 heteroatoms. The van der Waals surface area contributed by atoms with Crippen LogP contribution in [0.1, 0.15) is 0 Å². The van der Waals surface area contributed by atoms with Crippen molar-refractivity contribution in [3.8, 4) is 22.5 Å². The second kappa shape index (κ2) is 13.5. The highest BCUT2D eigenvalue weighted by Crippen LogP contribution is 2.40. The van der Waals surface area contributed by atoms with Crippen LogP contribution in [0.3, 0.4) is 0 Å². The Hall–Kier alpha value is -7.20. The minimum absolute atomic E-state index is 1.16. The molecule has 0 N–H and O–H groups in total. The van der Waals surface area contributed by atoms with Gasteiger partial charge >= 0.3 is 0 Å². The number of fused-ring (bicyclic) bond motifs is 6. The van der Waals surface area contributed by atoms with Crippen LogP contribution in [0.2, 0.25) is 0 Å². The highest BCUT2D eigenvalue weighted by molar-refractivity contribution is 7.20. The van der Waals surface area contributed by atoms with E-state index in [0.29, 0.717) is 0 Å². The lowest BCUT2D eigenvalue weighted by Gasteiger charge is -2.35. The van der Waals surface area contributed by atoms with E-state index in [2.05, 4.69) is 240 Å². The highest BCUT2D eigenvalue weighted by atomic mass is 28.3. The Morgan fingerprint density at radius 1 is 0.298 bits per heavy atom. The molecule has 0 atom stereocenters. The zero-order valence-electron chi connectivity index (χ0n) is 31.3. The summed E-state index contributed by atoms with van der Waals surface area (Å²) in [5.74, 6) is 0. The van der Waals surface area contributed by atoms with Crippen LogP contribution in [0.25, 0.3) is 66.1 Å². The number of nitrogens with zero attached hydrogens (tertiary/aromatic N) is 2. The summed E-state index contributed by atoms with van der Waals surface area (Å²) >= 11 is 0. The SMILES string of the molecule is c1ccc(-c2cccc([Si](c3ccccc3)(c3ccccc3)c3cccc4c3c3ccccc3n4-c3cccc4c3c3ccccc3n4-c3ccccc3)c2)cc1. The normalized spacial score (nSPS) is 11.9. The third kappa shape index (κ3) is 5.10. The second-order valence-corrected chi connectivity index (χ2v) is 18.6. The number of aromatic nitrogens is 2. The van der Waals surface area contributed by atoms with Gasteiger partial charge in [0.2, 0.25) is 0 Å². The Morgan fingerprint density at radius 2 is 0.754 bits per heavy atom. The molecule has 0 fully saturated rings. The van der Waals surface area contributed by atoms with Crippen molar-refractivity contribution in [2.24, 2.45) is 0 Å². The molecule has 11 aromatic rings. The van der Waals surface area contributed by atoms with Crippen molar-refractivity contribution in [1.29, 1.82) is 0 Å². The Kier molecular flexibility index (Phi) is 7.87. The molecular formula is C54H38N2Si. The molecule has 2 heterocycles. The average molecular weight is 743 g/mol. The van der Waals surface area contributed by atoms with Crippen molar-refractivity contribution in [3.05, 3.63) is 231 Å². The molecule has 0 aliphatic rings. The zero-order valence-corrected chi connectivity index (χ0v) is 32.3. The van der Waals surface area contributed by atoms with Gasteiger partial charge < -0.3 is 9.13 Å². The summed E-state index contributed by atoms with van der Waals surface area (Å²) in [5.41, 5.74) is 9.59. The standard InChI is InChI=1S/C54H38N2Si/c1-5-20-39(21-6-1)40-22-17-29-44(38-40)57(42-25-9-3-10-26-42,43-27-11-4-12-28-43)52-37-19-36-51-54(52)46-31-14-16-33-48(46)56(51)50-35-18-34-49-53(50)45-30-13-15-32-47(45)55(49)41-23-7-2-8-24-41/h1-38H. The molecule has 0 bridgehead atoms. The largest absolute Gasteiger partial charge is 0.309 e. The van der Waals surface area contributed by atoms with E-state index < -0.39 is 8.07 Å². The number of benzene rings is 9. The number of hydrogen-bond donors (Lipinski definition) is 0. The summed E-state index contributed by atoms with van der Waals surface area (Å²) in [5, 5.41) is 10.5. The van der Waals surface area contributed by atoms with Gasteiger partial charge in [-0.25, -0.2) is 0 Å². The molecule has 268 valence electrons. The summed E-state index contributed by atoms with van der Waals surface area (Å²) in [7, 11) is -2.99. The van der Waals surface area contributed by atoms with Gasteiger partial charge in [-0.15, -0.1) is 0 Å². The Bertz CT molecular complexity index is 3180. The summed E-state index contributed by atoms with van der Waals surface area (Å²) in [6.07, 6.45) is 0. The molecule has 0 saturated carbocycles. The molecule has 9 aromatic carbocycles. The number of hydrogen-bond acceptors (Lipinski definition) is 0. The van der Waals surface area contributed by atoms with Crippen molar-refractivity contribution in [3.63, 3.8) is 0 Å². The van der Waals surface area contributed by atoms with Gasteiger partial charge in [0.05, 0.1) is 27.8 Å². The monoisotopic (exact) mass is 742 g/mol. The van der Waals surface area contributed by atoms with Gasteiger partial charge in [0.15, 0.2) is 8.07 Å². The van der Waals surface area contributed by atoms with E-state index >= 15 is 0 Å². The van der Waals surface area contributed by atoms with E-state index in [1.165, 1.54) is 81.2 Å². The smallest absolute Gasteiger partial charge is 0.180 e. The van der Waals surface area contributed by atoms with Gasteiger partial charge in [-0.05, 0) is 74.3 Å². The predicted octanol–water partition coefficient (Wildman–Crippen LogP) is 10.9. The van der Waals surface area contributed by atoms with Gasteiger partial charge in [0.1, 0.15) is 0 Å². The molecule has 0 aliphatic heterocycles. The van der Waals surface area contributed by atoms with Crippen molar-refractivity contribution >= 4 is 72.4 Å². The van der Waals surface area contributed by atoms with E-state index in [9.17, 15) is 0 Å². The molecule has 0 amide bonds. The van der Waals surface area contributed by atoms with Crippen molar-refractivity contribution < 1.29 is 0 Å². The maximum atomic E-state index is 2.54.